The molecule has 0 spiro atoms. The predicted molar refractivity (Wildman–Crippen MR) is 136 cm³/mol. The fourth-order valence-electron chi connectivity index (χ4n) is 5.20. The van der Waals surface area contributed by atoms with Gasteiger partial charge < -0.3 is 14.8 Å². The number of nitriles is 2. The molecule has 1 aromatic carbocycles. The lowest BCUT2D eigenvalue weighted by Crippen LogP contribution is -2.70. The Morgan fingerprint density at radius 1 is 1.16 bits per heavy atom. The summed E-state index contributed by atoms with van der Waals surface area (Å²) in [5, 5.41) is 26.3. The maximum Gasteiger partial charge on any atom is 0.437 e. The summed E-state index contributed by atoms with van der Waals surface area (Å²) in [4.78, 5) is 22.1. The summed E-state index contributed by atoms with van der Waals surface area (Å²) >= 11 is 0. The number of carbonyl (C=O) groups excluding carboxylic acids is 1. The van der Waals surface area contributed by atoms with Crippen LogP contribution in [0.1, 0.15) is 56.7 Å². The summed E-state index contributed by atoms with van der Waals surface area (Å²) in [5.74, 6) is 1.15. The first-order valence-corrected chi connectivity index (χ1v) is 12.0. The average Bonchev–Trinajstić information content (AvgIpc) is 3.19. The minimum Gasteiger partial charge on any atom is -0.442 e. The van der Waals surface area contributed by atoms with Crippen molar-refractivity contribution >= 4 is 29.2 Å². The fourth-order valence-corrected chi connectivity index (χ4v) is 5.20. The van der Waals surface area contributed by atoms with Crippen LogP contribution in [-0.4, -0.2) is 37.0 Å². The molecular formula is C27H27N7O3. The van der Waals surface area contributed by atoms with Gasteiger partial charge in [-0.2, -0.15) is 25.6 Å². The molecule has 3 fully saturated rings. The van der Waals surface area contributed by atoms with Crippen LogP contribution in [0, 0.1) is 41.9 Å². The Bertz CT molecular complexity index is 1510. The molecule has 10 nitrogen and oxygen atoms in total. The summed E-state index contributed by atoms with van der Waals surface area (Å²) in [6, 6.07) is 8.23. The Balaban J connectivity index is 1.55. The average molecular weight is 498 g/mol. The lowest BCUT2D eigenvalue weighted by atomic mass is 9.40. The highest BCUT2D eigenvalue weighted by Crippen LogP contribution is 2.67. The first kappa shape index (κ1) is 24.3. The third kappa shape index (κ3) is 4.36. The van der Waals surface area contributed by atoms with E-state index in [1.54, 1.807) is 26.8 Å². The molecule has 0 amide bonds. The number of hydrogen-bond acceptors (Lipinski definition) is 9. The molecule has 3 aliphatic rings. The molecule has 37 heavy (non-hydrogen) atoms. The van der Waals surface area contributed by atoms with Crippen LogP contribution < -0.4 is 10.1 Å². The van der Waals surface area contributed by atoms with E-state index in [1.165, 1.54) is 12.3 Å². The number of aromatic nitrogens is 4. The molecule has 0 saturated heterocycles. The van der Waals surface area contributed by atoms with Gasteiger partial charge >= 0.3 is 6.09 Å². The number of fused-ring (bicyclic) bond motifs is 1. The van der Waals surface area contributed by atoms with Crippen LogP contribution in [0.3, 0.4) is 0 Å². The number of hydrogen-bond donors (Lipinski definition) is 1. The Morgan fingerprint density at radius 3 is 2.43 bits per heavy atom. The molecule has 3 aromatic rings. The van der Waals surface area contributed by atoms with E-state index >= 15 is 0 Å². The van der Waals surface area contributed by atoms with Gasteiger partial charge in [-0.05, 0) is 88.8 Å². The van der Waals surface area contributed by atoms with Gasteiger partial charge in [-0.3, -0.25) is 0 Å². The van der Waals surface area contributed by atoms with Crippen molar-refractivity contribution in [2.45, 2.75) is 65.0 Å². The Morgan fingerprint density at radius 2 is 1.84 bits per heavy atom. The number of benzene rings is 1. The number of nitrogens with zero attached hydrogens (tertiary/aromatic N) is 6. The summed E-state index contributed by atoms with van der Waals surface area (Å²) in [6.07, 6.45) is 6.18. The van der Waals surface area contributed by atoms with Crippen molar-refractivity contribution in [3.05, 3.63) is 41.1 Å². The van der Waals surface area contributed by atoms with E-state index in [2.05, 4.69) is 26.5 Å². The van der Waals surface area contributed by atoms with Gasteiger partial charge in [0.05, 0.1) is 23.8 Å². The highest BCUT2D eigenvalue weighted by Gasteiger charge is 2.69. The van der Waals surface area contributed by atoms with Gasteiger partial charge in [-0.25, -0.2) is 4.79 Å². The first-order valence-electron chi connectivity index (χ1n) is 12.0. The maximum absolute atomic E-state index is 12.9. The van der Waals surface area contributed by atoms with Crippen molar-refractivity contribution in [3.8, 4) is 23.8 Å². The second-order valence-electron chi connectivity index (χ2n) is 11.0. The van der Waals surface area contributed by atoms with Gasteiger partial charge in [0.25, 0.3) is 0 Å². The number of carbonyl (C=O) groups is 1. The largest absolute Gasteiger partial charge is 0.442 e. The van der Waals surface area contributed by atoms with Crippen LogP contribution in [0.5, 0.6) is 11.6 Å². The SMILES string of the molecule is Cc1cc(/C=C/C#N)cc(C)c1Oc1nc(NC23CC(C#N)(C2)C3)nc2c1cnn2C(=O)OC(C)(C)C. The third-order valence-electron chi connectivity index (χ3n) is 6.64. The normalized spacial score (nSPS) is 22.0. The fraction of sp³-hybridized carbons (Fsp3) is 0.407. The molecule has 0 radical (unpaired) electrons. The van der Waals surface area contributed by atoms with E-state index in [1.807, 2.05) is 32.0 Å². The smallest absolute Gasteiger partial charge is 0.437 e. The van der Waals surface area contributed by atoms with Gasteiger partial charge in [-0.1, -0.05) is 0 Å². The Labute approximate surface area is 214 Å². The second-order valence-corrected chi connectivity index (χ2v) is 11.0. The highest BCUT2D eigenvalue weighted by atomic mass is 16.6. The predicted octanol–water partition coefficient (Wildman–Crippen LogP) is 5.41. The molecule has 188 valence electrons. The van der Waals surface area contributed by atoms with E-state index in [0.29, 0.717) is 17.1 Å². The zero-order chi connectivity index (χ0) is 26.6. The summed E-state index contributed by atoms with van der Waals surface area (Å²) in [5.41, 5.74) is 1.67. The van der Waals surface area contributed by atoms with Crippen molar-refractivity contribution in [1.82, 2.24) is 19.7 Å². The van der Waals surface area contributed by atoms with Crippen molar-refractivity contribution in [3.63, 3.8) is 0 Å². The van der Waals surface area contributed by atoms with Crippen molar-refractivity contribution in [2.75, 3.05) is 5.32 Å². The number of anilines is 1. The molecule has 0 aliphatic heterocycles. The van der Waals surface area contributed by atoms with Crippen LogP contribution in [0.15, 0.2) is 24.4 Å². The Hall–Kier alpha value is -4.44. The number of ether oxygens (including phenoxy) is 2. The minimum atomic E-state index is -0.712. The quantitative estimate of drug-likeness (QED) is 0.458. The van der Waals surface area contributed by atoms with Crippen molar-refractivity contribution in [1.29, 1.82) is 10.5 Å². The summed E-state index contributed by atoms with van der Waals surface area (Å²) in [6.45, 7) is 9.17. The molecule has 6 rings (SSSR count). The number of nitrogens with one attached hydrogen (secondary N) is 1. The molecule has 2 bridgehead atoms. The van der Waals surface area contributed by atoms with Crippen LogP contribution in [0.4, 0.5) is 10.7 Å². The van der Waals surface area contributed by atoms with Crippen molar-refractivity contribution < 1.29 is 14.3 Å². The molecule has 2 heterocycles. The third-order valence-corrected chi connectivity index (χ3v) is 6.64. The molecule has 10 heteroatoms. The summed E-state index contributed by atoms with van der Waals surface area (Å²) < 4.78 is 13.0. The van der Waals surface area contributed by atoms with Crippen LogP contribution in [0.25, 0.3) is 17.1 Å². The van der Waals surface area contributed by atoms with Gasteiger partial charge in [0, 0.05) is 11.6 Å². The minimum absolute atomic E-state index is 0.224. The summed E-state index contributed by atoms with van der Waals surface area (Å²) in [7, 11) is 0. The number of aryl methyl sites for hydroxylation is 2. The van der Waals surface area contributed by atoms with E-state index in [9.17, 15) is 10.1 Å². The lowest BCUT2D eigenvalue weighted by Gasteiger charge is -2.66. The van der Waals surface area contributed by atoms with E-state index in [4.69, 9.17) is 14.7 Å². The van der Waals surface area contributed by atoms with Gasteiger partial charge in [0.1, 0.15) is 16.7 Å². The van der Waals surface area contributed by atoms with E-state index in [-0.39, 0.29) is 22.5 Å². The molecule has 3 aliphatic carbocycles. The van der Waals surface area contributed by atoms with Gasteiger partial charge in [0.2, 0.25) is 11.8 Å². The first-order chi connectivity index (χ1) is 17.5. The zero-order valence-corrected chi connectivity index (χ0v) is 21.4. The van der Waals surface area contributed by atoms with E-state index < -0.39 is 11.7 Å². The molecule has 0 atom stereocenters. The van der Waals surface area contributed by atoms with Crippen LogP contribution >= 0.6 is 0 Å². The number of allylic oxidation sites excluding steroid dienone is 1. The molecular weight excluding hydrogens is 470 g/mol. The lowest BCUT2D eigenvalue weighted by molar-refractivity contribution is -0.0665. The molecule has 2 aromatic heterocycles. The zero-order valence-electron chi connectivity index (χ0n) is 21.4. The molecule has 0 unspecified atom stereocenters. The van der Waals surface area contributed by atoms with E-state index in [0.717, 1.165) is 40.6 Å². The second kappa shape index (κ2) is 8.31. The highest BCUT2D eigenvalue weighted by molar-refractivity contribution is 5.89. The van der Waals surface area contributed by atoms with Crippen LogP contribution in [0.2, 0.25) is 0 Å². The monoisotopic (exact) mass is 497 g/mol. The van der Waals surface area contributed by atoms with Crippen LogP contribution in [-0.2, 0) is 4.74 Å². The van der Waals surface area contributed by atoms with Gasteiger partial charge in [0.15, 0.2) is 5.65 Å². The topological polar surface area (TPSA) is 139 Å². The standard InChI is InChI=1S/C27H27N7O3/c1-16-9-18(7-6-8-28)10-17(2)20(16)36-22-19-11-30-34(24(35)37-25(3,4)5)21(19)31-23(32-22)33-27-12-26(13-27,14-27)15-29/h6-7,9-11H,12-14H2,1-5H3,(H,31,32,33)/b7-6+. The molecule has 1 N–H and O–H groups in total. The maximum atomic E-state index is 12.9. The van der Waals surface area contributed by atoms with Crippen molar-refractivity contribution in [2.24, 2.45) is 5.41 Å². The molecule has 3 saturated carbocycles. The van der Waals surface area contributed by atoms with Gasteiger partial charge in [-0.15, -0.1) is 4.68 Å². The Kier molecular flexibility index (Phi) is 5.45. The number of rotatable bonds is 5.